The number of hydrogen-bond acceptors (Lipinski definition) is 6. The molecule has 0 radical (unpaired) electrons. The number of rotatable bonds is 4. The molecule has 7 heteroatoms. The Hall–Kier alpha value is -1.86. The molecule has 2 N–H and O–H groups in total. The highest BCUT2D eigenvalue weighted by atomic mass is 32.1. The molecule has 0 spiro atoms. The number of aromatic nitrogens is 5. The van der Waals surface area contributed by atoms with Gasteiger partial charge in [0, 0.05) is 12.2 Å². The Bertz CT molecular complexity index is 632. The second kappa shape index (κ2) is 4.79. The number of nitrogens with one attached hydrogen (secondary N) is 2. The minimum Gasteiger partial charge on any atom is -0.303 e. The van der Waals surface area contributed by atoms with Gasteiger partial charge in [0.2, 0.25) is 0 Å². The number of hydrogen-bond donors (Lipinski definition) is 2. The molecule has 18 heavy (non-hydrogen) atoms. The Morgan fingerprint density at radius 2 is 2.44 bits per heavy atom. The van der Waals surface area contributed by atoms with Crippen molar-refractivity contribution in [2.75, 3.05) is 0 Å². The Labute approximate surface area is 107 Å². The monoisotopic (exact) mass is 260 g/mol. The van der Waals surface area contributed by atoms with Crippen molar-refractivity contribution in [3.63, 3.8) is 0 Å². The minimum atomic E-state index is 0.197. The van der Waals surface area contributed by atoms with Crippen LogP contribution in [0.15, 0.2) is 23.7 Å². The van der Waals surface area contributed by atoms with Crippen LogP contribution in [0, 0.1) is 0 Å². The normalized spacial score (nSPS) is 12.9. The third-order valence-electron chi connectivity index (χ3n) is 2.78. The van der Waals surface area contributed by atoms with Gasteiger partial charge in [-0.15, -0.1) is 21.5 Å². The van der Waals surface area contributed by atoms with Crippen LogP contribution < -0.4 is 5.32 Å². The van der Waals surface area contributed by atoms with Gasteiger partial charge in [-0.3, -0.25) is 4.98 Å². The molecule has 0 amide bonds. The molecule has 0 aliphatic rings. The Balaban J connectivity index is 1.72. The highest BCUT2D eigenvalue weighted by molar-refractivity contribution is 7.17. The van der Waals surface area contributed by atoms with Crippen LogP contribution in [-0.4, -0.2) is 25.6 Å². The van der Waals surface area contributed by atoms with Crippen LogP contribution in [0.5, 0.6) is 0 Å². The summed E-state index contributed by atoms with van der Waals surface area (Å²) in [5.41, 5.74) is 2.21. The summed E-state index contributed by atoms with van der Waals surface area (Å²) in [6.45, 7) is 2.68. The van der Waals surface area contributed by atoms with Crippen molar-refractivity contribution >= 4 is 21.6 Å². The summed E-state index contributed by atoms with van der Waals surface area (Å²) in [7, 11) is 0. The van der Waals surface area contributed by atoms with Gasteiger partial charge in [0.05, 0.1) is 16.8 Å². The SMILES string of the molecule is CC(NCc1nn[nH]n1)c1cnc2ccsc2c1. The molecule has 6 nitrogen and oxygen atoms in total. The largest absolute Gasteiger partial charge is 0.303 e. The molecule has 0 aliphatic carbocycles. The molecule has 0 saturated heterocycles. The van der Waals surface area contributed by atoms with Crippen LogP contribution in [0.1, 0.15) is 24.4 Å². The van der Waals surface area contributed by atoms with Crippen molar-refractivity contribution in [3.8, 4) is 0 Å². The standard InChI is InChI=1S/C11H12N6S/c1-7(12-6-11-14-16-17-15-11)8-4-10-9(13-5-8)2-3-18-10/h2-5,7,12H,6H2,1H3,(H,14,15,16,17). The van der Waals surface area contributed by atoms with Gasteiger partial charge in [-0.1, -0.05) is 5.21 Å². The van der Waals surface area contributed by atoms with Gasteiger partial charge in [-0.2, -0.15) is 5.21 Å². The number of fused-ring (bicyclic) bond motifs is 1. The van der Waals surface area contributed by atoms with Gasteiger partial charge in [0.25, 0.3) is 0 Å². The first-order valence-electron chi connectivity index (χ1n) is 5.62. The zero-order chi connectivity index (χ0) is 12.4. The predicted molar refractivity (Wildman–Crippen MR) is 69.1 cm³/mol. The van der Waals surface area contributed by atoms with E-state index in [4.69, 9.17) is 0 Å². The summed E-state index contributed by atoms with van der Waals surface area (Å²) in [5.74, 6) is 0.659. The second-order valence-corrected chi connectivity index (χ2v) is 4.95. The summed E-state index contributed by atoms with van der Waals surface area (Å²) >= 11 is 1.70. The smallest absolute Gasteiger partial charge is 0.188 e. The molecular formula is C11H12N6S. The van der Waals surface area contributed by atoms with Crippen LogP contribution in [0.25, 0.3) is 10.2 Å². The first-order chi connectivity index (χ1) is 8.83. The average molecular weight is 260 g/mol. The molecule has 0 saturated carbocycles. The van der Waals surface area contributed by atoms with E-state index in [2.05, 4.69) is 49.3 Å². The zero-order valence-electron chi connectivity index (χ0n) is 9.79. The van der Waals surface area contributed by atoms with Gasteiger partial charge in [0.15, 0.2) is 5.82 Å². The van der Waals surface area contributed by atoms with Gasteiger partial charge in [-0.25, -0.2) is 0 Å². The van der Waals surface area contributed by atoms with Gasteiger partial charge in [-0.05, 0) is 30.0 Å². The van der Waals surface area contributed by atoms with Crippen molar-refractivity contribution in [1.82, 2.24) is 30.9 Å². The second-order valence-electron chi connectivity index (χ2n) is 4.00. The Kier molecular flexibility index (Phi) is 2.99. The van der Waals surface area contributed by atoms with Crippen molar-refractivity contribution in [1.29, 1.82) is 0 Å². The highest BCUT2D eigenvalue weighted by Crippen LogP contribution is 2.22. The molecule has 1 unspecified atom stereocenters. The van der Waals surface area contributed by atoms with Crippen molar-refractivity contribution in [2.45, 2.75) is 19.5 Å². The molecule has 0 aliphatic heterocycles. The topological polar surface area (TPSA) is 79.4 Å². The molecule has 0 bridgehead atoms. The third kappa shape index (κ3) is 2.22. The molecule has 3 aromatic heterocycles. The van der Waals surface area contributed by atoms with E-state index in [1.807, 2.05) is 12.3 Å². The molecule has 3 heterocycles. The van der Waals surface area contributed by atoms with E-state index >= 15 is 0 Å². The van der Waals surface area contributed by atoms with Crippen LogP contribution >= 0.6 is 11.3 Å². The maximum atomic E-state index is 4.43. The quantitative estimate of drug-likeness (QED) is 0.745. The lowest BCUT2D eigenvalue weighted by Gasteiger charge is -2.12. The fourth-order valence-electron chi connectivity index (χ4n) is 1.72. The van der Waals surface area contributed by atoms with Crippen LogP contribution in [0.2, 0.25) is 0 Å². The van der Waals surface area contributed by atoms with E-state index in [1.165, 1.54) is 4.70 Å². The lowest BCUT2D eigenvalue weighted by atomic mass is 10.1. The molecule has 1 atom stereocenters. The number of H-pyrrole nitrogens is 1. The third-order valence-corrected chi connectivity index (χ3v) is 3.63. The maximum Gasteiger partial charge on any atom is 0.188 e. The first kappa shape index (κ1) is 11.2. The molecule has 92 valence electrons. The van der Waals surface area contributed by atoms with E-state index < -0.39 is 0 Å². The van der Waals surface area contributed by atoms with Crippen LogP contribution in [0.4, 0.5) is 0 Å². The van der Waals surface area contributed by atoms with E-state index in [0.717, 1.165) is 11.1 Å². The number of tetrazole rings is 1. The summed E-state index contributed by atoms with van der Waals surface area (Å²) in [6.07, 6.45) is 1.91. The fourth-order valence-corrected chi connectivity index (χ4v) is 2.51. The summed E-state index contributed by atoms with van der Waals surface area (Å²) in [6, 6.07) is 4.39. The lowest BCUT2D eigenvalue weighted by molar-refractivity contribution is 0.559. The van der Waals surface area contributed by atoms with E-state index in [-0.39, 0.29) is 6.04 Å². The van der Waals surface area contributed by atoms with E-state index in [0.29, 0.717) is 12.4 Å². The van der Waals surface area contributed by atoms with Crippen molar-refractivity contribution in [2.24, 2.45) is 0 Å². The predicted octanol–water partition coefficient (Wildman–Crippen LogP) is 1.66. The summed E-state index contributed by atoms with van der Waals surface area (Å²) in [4.78, 5) is 4.43. The maximum absolute atomic E-state index is 4.43. The lowest BCUT2D eigenvalue weighted by Crippen LogP contribution is -2.19. The van der Waals surface area contributed by atoms with Crippen LogP contribution in [0.3, 0.4) is 0 Å². The minimum absolute atomic E-state index is 0.197. The highest BCUT2D eigenvalue weighted by Gasteiger charge is 2.08. The molecule has 3 rings (SSSR count). The van der Waals surface area contributed by atoms with Gasteiger partial charge in [0.1, 0.15) is 0 Å². The van der Waals surface area contributed by atoms with Crippen molar-refractivity contribution < 1.29 is 0 Å². The Morgan fingerprint density at radius 3 is 3.28 bits per heavy atom. The first-order valence-corrected chi connectivity index (χ1v) is 6.50. The molecule has 0 fully saturated rings. The summed E-state index contributed by atoms with van der Waals surface area (Å²) < 4.78 is 1.21. The zero-order valence-corrected chi connectivity index (χ0v) is 10.6. The average Bonchev–Trinajstić information content (AvgIpc) is 3.05. The molecule has 3 aromatic rings. The summed E-state index contributed by atoms with van der Waals surface area (Å²) in [5, 5.41) is 19.1. The van der Waals surface area contributed by atoms with E-state index in [9.17, 15) is 0 Å². The number of thiophene rings is 1. The van der Waals surface area contributed by atoms with Gasteiger partial charge < -0.3 is 5.32 Å². The number of aromatic amines is 1. The number of nitrogens with zero attached hydrogens (tertiary/aromatic N) is 4. The van der Waals surface area contributed by atoms with Crippen molar-refractivity contribution in [3.05, 3.63) is 35.1 Å². The fraction of sp³-hybridized carbons (Fsp3) is 0.273. The number of pyridine rings is 1. The van der Waals surface area contributed by atoms with E-state index in [1.54, 1.807) is 11.3 Å². The molecule has 0 aromatic carbocycles. The van der Waals surface area contributed by atoms with Crippen LogP contribution in [-0.2, 0) is 6.54 Å². The molecular weight excluding hydrogens is 248 g/mol. The Morgan fingerprint density at radius 1 is 1.50 bits per heavy atom. The van der Waals surface area contributed by atoms with Gasteiger partial charge >= 0.3 is 0 Å².